The number of benzene rings is 2. The van der Waals surface area contributed by atoms with E-state index < -0.39 is 6.10 Å². The Balaban J connectivity index is 1.71. The molecule has 1 N–H and O–H groups in total. The van der Waals surface area contributed by atoms with E-state index in [1.807, 2.05) is 43.3 Å². The molecule has 6 heteroatoms. The van der Waals surface area contributed by atoms with Crippen LogP contribution < -0.4 is 10.1 Å². The van der Waals surface area contributed by atoms with Gasteiger partial charge in [-0.3, -0.25) is 10.1 Å². The largest absolute Gasteiger partial charge is 0.481 e. The van der Waals surface area contributed by atoms with Gasteiger partial charge >= 0.3 is 0 Å². The predicted octanol–water partition coefficient (Wildman–Crippen LogP) is 4.66. The monoisotopic (exact) mass is 346 g/mol. The molecule has 3 aromatic rings. The fourth-order valence-corrected chi connectivity index (χ4v) is 3.24. The number of anilines is 1. The summed E-state index contributed by atoms with van der Waals surface area (Å²) in [6, 6.07) is 13.0. The van der Waals surface area contributed by atoms with E-state index in [1.165, 1.54) is 11.3 Å². The first-order chi connectivity index (χ1) is 11.0. The number of nitrogens with zero attached hydrogens (tertiary/aromatic N) is 1. The third kappa shape index (κ3) is 3.63. The third-order valence-electron chi connectivity index (χ3n) is 3.35. The summed E-state index contributed by atoms with van der Waals surface area (Å²) in [6.45, 7) is 3.66. The van der Waals surface area contributed by atoms with E-state index in [0.717, 1.165) is 15.8 Å². The van der Waals surface area contributed by atoms with Crippen molar-refractivity contribution >= 4 is 44.2 Å². The van der Waals surface area contributed by atoms with Crippen LogP contribution in [0.25, 0.3) is 10.2 Å². The highest BCUT2D eigenvalue weighted by molar-refractivity contribution is 7.22. The molecule has 0 saturated heterocycles. The molecule has 1 amide bonds. The van der Waals surface area contributed by atoms with Gasteiger partial charge in [0, 0.05) is 5.02 Å². The van der Waals surface area contributed by atoms with E-state index in [4.69, 9.17) is 16.3 Å². The second kappa shape index (κ2) is 6.56. The Morgan fingerprint density at radius 1 is 1.30 bits per heavy atom. The van der Waals surface area contributed by atoms with Gasteiger partial charge in [-0.15, -0.1) is 0 Å². The van der Waals surface area contributed by atoms with E-state index >= 15 is 0 Å². The average Bonchev–Trinajstić information content (AvgIpc) is 2.90. The molecule has 2 aromatic carbocycles. The molecular formula is C17H15ClN2O2S. The van der Waals surface area contributed by atoms with Crippen LogP contribution in [-0.4, -0.2) is 17.0 Å². The summed E-state index contributed by atoms with van der Waals surface area (Å²) < 4.78 is 6.65. The van der Waals surface area contributed by atoms with Crippen LogP contribution in [0.5, 0.6) is 5.75 Å². The highest BCUT2D eigenvalue weighted by Crippen LogP contribution is 2.28. The Morgan fingerprint density at radius 3 is 2.87 bits per heavy atom. The number of halogens is 1. The number of aryl methyl sites for hydroxylation is 1. The summed E-state index contributed by atoms with van der Waals surface area (Å²) in [5, 5.41) is 3.97. The number of rotatable bonds is 4. The van der Waals surface area contributed by atoms with Gasteiger partial charge in [0.05, 0.1) is 10.2 Å². The Labute approximate surface area is 143 Å². The zero-order chi connectivity index (χ0) is 16.4. The number of aromatic nitrogens is 1. The number of ether oxygens (including phenoxy) is 1. The van der Waals surface area contributed by atoms with Gasteiger partial charge in [-0.05, 0) is 43.7 Å². The van der Waals surface area contributed by atoms with E-state index in [9.17, 15) is 4.79 Å². The fourth-order valence-electron chi connectivity index (χ4n) is 2.09. The van der Waals surface area contributed by atoms with E-state index in [0.29, 0.717) is 15.9 Å². The van der Waals surface area contributed by atoms with Crippen molar-refractivity contribution in [2.24, 2.45) is 0 Å². The number of amides is 1. The van der Waals surface area contributed by atoms with Crippen LogP contribution in [0.4, 0.5) is 5.13 Å². The van der Waals surface area contributed by atoms with Crippen molar-refractivity contribution in [1.82, 2.24) is 4.98 Å². The molecule has 23 heavy (non-hydrogen) atoms. The molecule has 1 heterocycles. The van der Waals surface area contributed by atoms with Crippen LogP contribution in [0, 0.1) is 6.92 Å². The molecule has 0 aliphatic carbocycles. The maximum absolute atomic E-state index is 12.3. The Morgan fingerprint density at radius 2 is 2.09 bits per heavy atom. The molecule has 0 saturated carbocycles. The first-order valence-electron chi connectivity index (χ1n) is 7.12. The number of carbonyl (C=O) groups excluding carboxylic acids is 1. The van der Waals surface area contributed by atoms with Crippen LogP contribution in [0.3, 0.4) is 0 Å². The van der Waals surface area contributed by atoms with Crippen molar-refractivity contribution in [1.29, 1.82) is 0 Å². The lowest BCUT2D eigenvalue weighted by Gasteiger charge is -2.15. The highest BCUT2D eigenvalue weighted by atomic mass is 35.5. The summed E-state index contributed by atoms with van der Waals surface area (Å²) in [7, 11) is 0. The van der Waals surface area contributed by atoms with E-state index in [2.05, 4.69) is 10.3 Å². The van der Waals surface area contributed by atoms with Crippen LogP contribution >= 0.6 is 22.9 Å². The van der Waals surface area contributed by atoms with Gasteiger partial charge in [0.15, 0.2) is 11.2 Å². The normalized spacial score (nSPS) is 12.1. The van der Waals surface area contributed by atoms with Crippen LogP contribution in [0.2, 0.25) is 5.02 Å². The molecule has 3 rings (SSSR count). The smallest absolute Gasteiger partial charge is 0.266 e. The van der Waals surface area contributed by atoms with Gasteiger partial charge in [-0.1, -0.05) is 41.1 Å². The number of para-hydroxylation sites is 1. The van der Waals surface area contributed by atoms with Crippen molar-refractivity contribution in [3.8, 4) is 5.75 Å². The molecule has 0 spiro atoms. The Bertz CT molecular complexity index is 863. The topological polar surface area (TPSA) is 51.2 Å². The number of thiazole rings is 1. The molecule has 0 aliphatic heterocycles. The number of carbonyl (C=O) groups is 1. The minimum atomic E-state index is -0.619. The minimum Gasteiger partial charge on any atom is -0.481 e. The molecule has 0 fully saturated rings. The second-order valence-corrected chi connectivity index (χ2v) is 6.61. The standard InChI is InChI=1S/C17H15ClN2O2S/c1-10-5-3-4-6-14(10)22-11(2)16(21)20-17-19-13-8-7-12(18)9-15(13)23-17/h3-9,11H,1-2H3,(H,19,20,21). The van der Waals surface area contributed by atoms with Gasteiger partial charge in [-0.25, -0.2) is 4.98 Å². The van der Waals surface area contributed by atoms with Gasteiger partial charge in [0.1, 0.15) is 5.75 Å². The lowest BCUT2D eigenvalue weighted by molar-refractivity contribution is -0.122. The highest BCUT2D eigenvalue weighted by Gasteiger charge is 2.17. The fraction of sp³-hybridized carbons (Fsp3) is 0.176. The average molecular weight is 347 g/mol. The third-order valence-corrected chi connectivity index (χ3v) is 4.52. The molecule has 118 valence electrons. The minimum absolute atomic E-state index is 0.238. The van der Waals surface area contributed by atoms with Crippen molar-refractivity contribution in [3.05, 3.63) is 53.1 Å². The lowest BCUT2D eigenvalue weighted by Crippen LogP contribution is -2.30. The van der Waals surface area contributed by atoms with Crippen molar-refractivity contribution < 1.29 is 9.53 Å². The summed E-state index contributed by atoms with van der Waals surface area (Å²) in [4.78, 5) is 16.6. The summed E-state index contributed by atoms with van der Waals surface area (Å²) >= 11 is 7.34. The van der Waals surface area contributed by atoms with Gasteiger partial charge in [-0.2, -0.15) is 0 Å². The van der Waals surface area contributed by atoms with Gasteiger partial charge < -0.3 is 4.74 Å². The lowest BCUT2D eigenvalue weighted by atomic mass is 10.2. The molecular weight excluding hydrogens is 332 g/mol. The van der Waals surface area contributed by atoms with Crippen molar-refractivity contribution in [2.75, 3.05) is 5.32 Å². The SMILES string of the molecule is Cc1ccccc1OC(C)C(=O)Nc1nc2ccc(Cl)cc2s1. The Kier molecular flexibility index (Phi) is 4.50. The second-order valence-electron chi connectivity index (χ2n) is 5.15. The molecule has 4 nitrogen and oxygen atoms in total. The zero-order valence-electron chi connectivity index (χ0n) is 12.7. The van der Waals surface area contributed by atoms with Crippen LogP contribution in [0.15, 0.2) is 42.5 Å². The van der Waals surface area contributed by atoms with E-state index in [1.54, 1.807) is 13.0 Å². The maximum Gasteiger partial charge on any atom is 0.266 e. The van der Waals surface area contributed by atoms with Crippen LogP contribution in [-0.2, 0) is 4.79 Å². The van der Waals surface area contributed by atoms with Crippen molar-refractivity contribution in [3.63, 3.8) is 0 Å². The quantitative estimate of drug-likeness (QED) is 0.747. The maximum atomic E-state index is 12.3. The summed E-state index contributed by atoms with van der Waals surface area (Å²) in [5.41, 5.74) is 1.80. The van der Waals surface area contributed by atoms with Gasteiger partial charge in [0.25, 0.3) is 5.91 Å². The molecule has 1 unspecified atom stereocenters. The molecule has 0 radical (unpaired) electrons. The molecule has 1 atom stereocenters. The zero-order valence-corrected chi connectivity index (χ0v) is 14.2. The number of hydrogen-bond acceptors (Lipinski definition) is 4. The Hall–Kier alpha value is -2.11. The van der Waals surface area contributed by atoms with E-state index in [-0.39, 0.29) is 5.91 Å². The van der Waals surface area contributed by atoms with Gasteiger partial charge in [0.2, 0.25) is 0 Å². The predicted molar refractivity (Wildman–Crippen MR) is 94.5 cm³/mol. The number of nitrogens with one attached hydrogen (secondary N) is 1. The van der Waals surface area contributed by atoms with Crippen LogP contribution in [0.1, 0.15) is 12.5 Å². The summed E-state index contributed by atoms with van der Waals surface area (Å²) in [5.74, 6) is 0.463. The van der Waals surface area contributed by atoms with Crippen molar-refractivity contribution in [2.45, 2.75) is 20.0 Å². The number of fused-ring (bicyclic) bond motifs is 1. The molecule has 1 aromatic heterocycles. The first kappa shape index (κ1) is 15.8. The molecule has 0 bridgehead atoms. The number of hydrogen-bond donors (Lipinski definition) is 1. The molecule has 0 aliphatic rings. The summed E-state index contributed by atoms with van der Waals surface area (Å²) in [6.07, 6.45) is -0.619. The first-order valence-corrected chi connectivity index (χ1v) is 8.31.